The molecular weight excluding hydrogens is 292 g/mol. The van der Waals surface area contributed by atoms with Crippen LogP contribution in [-0.4, -0.2) is 21.7 Å². The fourth-order valence-corrected chi connectivity index (χ4v) is 3.13. The molecule has 3 aromatic rings. The number of fused-ring (bicyclic) bond motifs is 1. The van der Waals surface area contributed by atoms with E-state index in [0.717, 1.165) is 38.8 Å². The molecule has 0 radical (unpaired) electrons. The average Bonchev–Trinajstić information content (AvgIpc) is 2.88. The molecule has 0 aliphatic carbocycles. The van der Waals surface area contributed by atoms with Crippen molar-refractivity contribution in [2.45, 2.75) is 13.8 Å². The van der Waals surface area contributed by atoms with Gasteiger partial charge in [-0.3, -0.25) is 4.98 Å². The van der Waals surface area contributed by atoms with E-state index in [9.17, 15) is 0 Å². The fraction of sp³-hybridized carbons (Fsp3) is 0.214. The number of aryl methyl sites for hydroxylation is 1. The predicted octanol–water partition coefficient (Wildman–Crippen LogP) is 4.15. The Bertz CT molecular complexity index is 769. The molecule has 4 nitrogen and oxygen atoms in total. The van der Waals surface area contributed by atoms with E-state index in [4.69, 9.17) is 11.6 Å². The van der Waals surface area contributed by atoms with Gasteiger partial charge in [0.15, 0.2) is 0 Å². The number of anilines is 1. The van der Waals surface area contributed by atoms with E-state index >= 15 is 0 Å². The number of benzene rings is 1. The fourth-order valence-electron chi connectivity index (χ4n) is 2.07. The van der Waals surface area contributed by atoms with Gasteiger partial charge >= 0.3 is 0 Å². The Morgan fingerprint density at radius 3 is 2.95 bits per heavy atom. The van der Waals surface area contributed by atoms with Crippen LogP contribution in [0.3, 0.4) is 0 Å². The van der Waals surface area contributed by atoms with Gasteiger partial charge in [-0.05, 0) is 26.0 Å². The molecule has 6 heteroatoms. The molecule has 0 bridgehead atoms. The lowest BCUT2D eigenvalue weighted by Crippen LogP contribution is -1.94. The zero-order valence-corrected chi connectivity index (χ0v) is 12.7. The summed E-state index contributed by atoms with van der Waals surface area (Å²) in [5.74, 6) is 0. The number of aromatic nitrogens is 3. The monoisotopic (exact) mass is 304 g/mol. The first kappa shape index (κ1) is 13.3. The van der Waals surface area contributed by atoms with Crippen LogP contribution in [0.1, 0.15) is 12.6 Å². The maximum absolute atomic E-state index is 6.24. The molecule has 0 saturated carbocycles. The number of pyridine rings is 1. The quantitative estimate of drug-likeness (QED) is 0.790. The Labute approximate surface area is 125 Å². The molecule has 0 unspecified atom stereocenters. The van der Waals surface area contributed by atoms with Gasteiger partial charge < -0.3 is 5.32 Å². The van der Waals surface area contributed by atoms with Crippen LogP contribution in [0.4, 0.5) is 5.13 Å². The van der Waals surface area contributed by atoms with Gasteiger partial charge in [-0.25, -0.2) is 0 Å². The van der Waals surface area contributed by atoms with Crippen LogP contribution in [0.5, 0.6) is 0 Å². The highest BCUT2D eigenvalue weighted by molar-refractivity contribution is 7.18. The van der Waals surface area contributed by atoms with E-state index in [1.807, 2.05) is 38.1 Å². The normalized spacial score (nSPS) is 10.9. The van der Waals surface area contributed by atoms with Gasteiger partial charge in [0.1, 0.15) is 5.01 Å². The first-order valence-electron chi connectivity index (χ1n) is 6.32. The van der Waals surface area contributed by atoms with Crippen molar-refractivity contribution >= 4 is 39.0 Å². The minimum atomic E-state index is 0.656. The number of hydrogen-bond donors (Lipinski definition) is 1. The second-order valence-electron chi connectivity index (χ2n) is 4.39. The van der Waals surface area contributed by atoms with Crippen molar-refractivity contribution in [3.63, 3.8) is 0 Å². The molecule has 0 saturated heterocycles. The van der Waals surface area contributed by atoms with Gasteiger partial charge in [-0.1, -0.05) is 35.1 Å². The molecule has 20 heavy (non-hydrogen) atoms. The van der Waals surface area contributed by atoms with E-state index in [2.05, 4.69) is 20.5 Å². The second kappa shape index (κ2) is 5.34. The van der Waals surface area contributed by atoms with Crippen molar-refractivity contribution in [2.75, 3.05) is 11.9 Å². The number of hydrogen-bond acceptors (Lipinski definition) is 5. The van der Waals surface area contributed by atoms with Crippen LogP contribution in [0.15, 0.2) is 24.3 Å². The summed E-state index contributed by atoms with van der Waals surface area (Å²) in [5.41, 5.74) is 2.75. The van der Waals surface area contributed by atoms with Crippen LogP contribution in [0.2, 0.25) is 5.02 Å². The van der Waals surface area contributed by atoms with E-state index in [1.54, 1.807) is 0 Å². The highest BCUT2D eigenvalue weighted by Gasteiger charge is 2.12. The van der Waals surface area contributed by atoms with Gasteiger partial charge in [0.25, 0.3) is 0 Å². The minimum absolute atomic E-state index is 0.656. The summed E-state index contributed by atoms with van der Waals surface area (Å²) in [4.78, 5) is 4.51. The smallest absolute Gasteiger partial charge is 0.205 e. The molecule has 0 aliphatic heterocycles. The third-order valence-corrected chi connectivity index (χ3v) is 4.12. The number of nitrogens with one attached hydrogen (secondary N) is 1. The summed E-state index contributed by atoms with van der Waals surface area (Å²) in [6.45, 7) is 4.82. The van der Waals surface area contributed by atoms with Gasteiger partial charge in [-0.15, -0.1) is 10.2 Å². The van der Waals surface area contributed by atoms with Crippen molar-refractivity contribution in [1.29, 1.82) is 0 Å². The summed E-state index contributed by atoms with van der Waals surface area (Å²) in [7, 11) is 0. The van der Waals surface area contributed by atoms with Crippen molar-refractivity contribution in [3.8, 4) is 10.6 Å². The summed E-state index contributed by atoms with van der Waals surface area (Å²) in [5, 5.41) is 14.9. The lowest BCUT2D eigenvalue weighted by Gasteiger charge is -2.06. The van der Waals surface area contributed by atoms with Crippen molar-refractivity contribution in [3.05, 3.63) is 35.0 Å². The molecule has 1 aromatic carbocycles. The SMILES string of the molecule is CCNc1nnc(-c2cc(C)nc3c(Cl)cccc23)s1. The van der Waals surface area contributed by atoms with E-state index < -0.39 is 0 Å². The molecule has 2 aromatic heterocycles. The first-order chi connectivity index (χ1) is 9.69. The van der Waals surface area contributed by atoms with Crippen LogP contribution < -0.4 is 5.32 Å². The third-order valence-electron chi connectivity index (χ3n) is 2.90. The summed E-state index contributed by atoms with van der Waals surface area (Å²) >= 11 is 7.77. The van der Waals surface area contributed by atoms with E-state index in [-0.39, 0.29) is 0 Å². The largest absolute Gasteiger partial charge is 0.360 e. The second-order valence-corrected chi connectivity index (χ2v) is 5.77. The Balaban J connectivity index is 2.21. The minimum Gasteiger partial charge on any atom is -0.360 e. The van der Waals surface area contributed by atoms with E-state index in [1.165, 1.54) is 11.3 Å². The lowest BCUT2D eigenvalue weighted by molar-refractivity contribution is 1.07. The third kappa shape index (κ3) is 2.34. The summed E-state index contributed by atoms with van der Waals surface area (Å²) < 4.78 is 0. The topological polar surface area (TPSA) is 50.7 Å². The molecule has 3 rings (SSSR count). The predicted molar refractivity (Wildman–Crippen MR) is 84.6 cm³/mol. The van der Waals surface area contributed by atoms with Crippen LogP contribution in [-0.2, 0) is 0 Å². The van der Waals surface area contributed by atoms with Crippen LogP contribution in [0.25, 0.3) is 21.5 Å². The molecule has 0 atom stereocenters. The highest BCUT2D eigenvalue weighted by atomic mass is 35.5. The molecule has 2 heterocycles. The highest BCUT2D eigenvalue weighted by Crippen LogP contribution is 2.34. The first-order valence-corrected chi connectivity index (χ1v) is 7.52. The Morgan fingerprint density at radius 2 is 2.15 bits per heavy atom. The van der Waals surface area contributed by atoms with Gasteiger partial charge in [0.2, 0.25) is 5.13 Å². The number of rotatable bonds is 3. The number of halogens is 1. The zero-order valence-electron chi connectivity index (χ0n) is 11.1. The lowest BCUT2D eigenvalue weighted by atomic mass is 10.1. The van der Waals surface area contributed by atoms with E-state index in [0.29, 0.717) is 5.02 Å². The summed E-state index contributed by atoms with van der Waals surface area (Å²) in [6.07, 6.45) is 0. The molecule has 0 amide bonds. The molecule has 1 N–H and O–H groups in total. The summed E-state index contributed by atoms with van der Waals surface area (Å²) in [6, 6.07) is 7.81. The van der Waals surface area contributed by atoms with Gasteiger partial charge in [0.05, 0.1) is 10.5 Å². The van der Waals surface area contributed by atoms with Crippen molar-refractivity contribution < 1.29 is 0 Å². The Hall–Kier alpha value is -1.72. The van der Waals surface area contributed by atoms with Crippen LogP contribution >= 0.6 is 22.9 Å². The maximum atomic E-state index is 6.24. The Morgan fingerprint density at radius 1 is 1.30 bits per heavy atom. The molecule has 0 spiro atoms. The number of para-hydroxylation sites is 1. The standard InChI is InChI=1S/C14H13ClN4S/c1-3-16-14-19-18-13(20-14)10-7-8(2)17-12-9(10)5-4-6-11(12)15/h4-7H,3H2,1-2H3,(H,16,19). The van der Waals surface area contributed by atoms with Crippen LogP contribution in [0, 0.1) is 6.92 Å². The molecule has 0 aliphatic rings. The van der Waals surface area contributed by atoms with Crippen molar-refractivity contribution in [1.82, 2.24) is 15.2 Å². The zero-order chi connectivity index (χ0) is 14.1. The van der Waals surface area contributed by atoms with Gasteiger partial charge in [-0.2, -0.15) is 0 Å². The Kier molecular flexibility index (Phi) is 3.54. The molecular formula is C14H13ClN4S. The maximum Gasteiger partial charge on any atom is 0.205 e. The average molecular weight is 305 g/mol. The molecule has 102 valence electrons. The van der Waals surface area contributed by atoms with Gasteiger partial charge in [0, 0.05) is 23.2 Å². The van der Waals surface area contributed by atoms with Crippen molar-refractivity contribution in [2.24, 2.45) is 0 Å². The number of nitrogens with zero attached hydrogens (tertiary/aromatic N) is 3. The molecule has 0 fully saturated rings.